The minimum atomic E-state index is -0.270. The van der Waals surface area contributed by atoms with Crippen molar-refractivity contribution < 1.29 is 9.59 Å². The molecule has 2 fully saturated rings. The molecule has 2 N–H and O–H groups in total. The Kier molecular flexibility index (Phi) is 2.90. The van der Waals surface area contributed by atoms with Crippen LogP contribution in [0.15, 0.2) is 0 Å². The number of carbonyl (C=O) groups is 2. The lowest BCUT2D eigenvalue weighted by Gasteiger charge is -2.20. The monoisotopic (exact) mass is 211 g/mol. The zero-order valence-corrected chi connectivity index (χ0v) is 8.95. The Morgan fingerprint density at radius 2 is 2.33 bits per heavy atom. The van der Waals surface area contributed by atoms with Crippen LogP contribution in [0.5, 0.6) is 0 Å². The van der Waals surface area contributed by atoms with Crippen molar-refractivity contribution in [1.29, 1.82) is 0 Å². The van der Waals surface area contributed by atoms with Gasteiger partial charge in [-0.1, -0.05) is 0 Å². The summed E-state index contributed by atoms with van der Waals surface area (Å²) in [6.07, 6.45) is 2.14. The molecule has 2 saturated heterocycles. The summed E-state index contributed by atoms with van der Waals surface area (Å²) < 4.78 is 0. The maximum Gasteiger partial charge on any atom is 0.245 e. The standard InChI is InChI=1S/C10H17N3O2/c1-11-7-4-5-13(6-7)10(15)8-2-3-9(14)12-8/h7-8,11H,2-6H2,1H3,(H,12,14)/t7?,8-/m0/s1. The molecule has 15 heavy (non-hydrogen) atoms. The first kappa shape index (κ1) is 10.4. The molecule has 0 radical (unpaired) electrons. The van der Waals surface area contributed by atoms with E-state index in [-0.39, 0.29) is 17.9 Å². The van der Waals surface area contributed by atoms with E-state index in [1.807, 2.05) is 11.9 Å². The van der Waals surface area contributed by atoms with Gasteiger partial charge in [0.15, 0.2) is 0 Å². The highest BCUT2D eigenvalue weighted by molar-refractivity contribution is 5.90. The fourth-order valence-corrected chi connectivity index (χ4v) is 2.22. The van der Waals surface area contributed by atoms with Gasteiger partial charge in [-0.3, -0.25) is 9.59 Å². The molecular formula is C10H17N3O2. The van der Waals surface area contributed by atoms with Gasteiger partial charge in [0.25, 0.3) is 0 Å². The third-order valence-electron chi connectivity index (χ3n) is 3.20. The molecule has 0 aliphatic carbocycles. The molecule has 1 unspecified atom stereocenters. The zero-order valence-electron chi connectivity index (χ0n) is 8.95. The van der Waals surface area contributed by atoms with Gasteiger partial charge in [0, 0.05) is 25.6 Å². The molecule has 2 rings (SSSR count). The van der Waals surface area contributed by atoms with Crippen molar-refractivity contribution in [3.05, 3.63) is 0 Å². The summed E-state index contributed by atoms with van der Waals surface area (Å²) in [5, 5.41) is 5.88. The van der Waals surface area contributed by atoms with Gasteiger partial charge < -0.3 is 15.5 Å². The summed E-state index contributed by atoms with van der Waals surface area (Å²) in [6, 6.07) is 0.138. The van der Waals surface area contributed by atoms with Crippen LogP contribution in [-0.2, 0) is 9.59 Å². The van der Waals surface area contributed by atoms with Gasteiger partial charge in [-0.05, 0) is 19.9 Å². The third-order valence-corrected chi connectivity index (χ3v) is 3.20. The van der Waals surface area contributed by atoms with Crippen LogP contribution in [0.4, 0.5) is 0 Å². The SMILES string of the molecule is CNC1CCN(C(=O)[C@@H]2CCC(=O)N2)C1. The molecule has 5 heteroatoms. The third kappa shape index (κ3) is 2.12. The smallest absolute Gasteiger partial charge is 0.245 e. The number of nitrogens with one attached hydrogen (secondary N) is 2. The second kappa shape index (κ2) is 4.18. The van der Waals surface area contributed by atoms with E-state index in [9.17, 15) is 9.59 Å². The number of hydrogen-bond donors (Lipinski definition) is 2. The van der Waals surface area contributed by atoms with Crippen LogP contribution in [0.25, 0.3) is 0 Å². The van der Waals surface area contributed by atoms with Crippen molar-refractivity contribution in [2.24, 2.45) is 0 Å². The first-order valence-electron chi connectivity index (χ1n) is 5.46. The summed E-state index contributed by atoms with van der Waals surface area (Å²) in [4.78, 5) is 24.8. The molecule has 2 atom stereocenters. The molecule has 84 valence electrons. The number of carbonyl (C=O) groups excluding carboxylic acids is 2. The molecule has 2 aliphatic rings. The molecule has 0 bridgehead atoms. The number of likely N-dealkylation sites (N-methyl/N-ethyl adjacent to an activating group) is 1. The lowest BCUT2D eigenvalue weighted by molar-refractivity contribution is -0.133. The first-order valence-corrected chi connectivity index (χ1v) is 5.46. The zero-order chi connectivity index (χ0) is 10.8. The van der Waals surface area contributed by atoms with Crippen molar-refractivity contribution in [1.82, 2.24) is 15.5 Å². The second-order valence-electron chi connectivity index (χ2n) is 4.22. The maximum atomic E-state index is 11.9. The quantitative estimate of drug-likeness (QED) is 0.621. The highest BCUT2D eigenvalue weighted by Gasteiger charge is 2.33. The van der Waals surface area contributed by atoms with Gasteiger partial charge in [-0.25, -0.2) is 0 Å². The van der Waals surface area contributed by atoms with Gasteiger partial charge in [0.05, 0.1) is 0 Å². The topological polar surface area (TPSA) is 61.4 Å². The Hall–Kier alpha value is -1.10. The van der Waals surface area contributed by atoms with Crippen LogP contribution in [0.1, 0.15) is 19.3 Å². The predicted molar refractivity (Wildman–Crippen MR) is 55.2 cm³/mol. The van der Waals surface area contributed by atoms with Crippen LogP contribution >= 0.6 is 0 Å². The number of amides is 2. The summed E-state index contributed by atoms with van der Waals surface area (Å²) in [5.41, 5.74) is 0. The summed E-state index contributed by atoms with van der Waals surface area (Å²) in [5.74, 6) is 0.0799. The molecule has 0 aromatic carbocycles. The summed E-state index contributed by atoms with van der Waals surface area (Å²) >= 11 is 0. The molecule has 5 nitrogen and oxygen atoms in total. The molecule has 2 amide bonds. The van der Waals surface area contributed by atoms with Crippen molar-refractivity contribution in [2.75, 3.05) is 20.1 Å². The van der Waals surface area contributed by atoms with Gasteiger partial charge >= 0.3 is 0 Å². The summed E-state index contributed by atoms with van der Waals surface area (Å²) in [6.45, 7) is 1.57. The number of hydrogen-bond acceptors (Lipinski definition) is 3. The highest BCUT2D eigenvalue weighted by atomic mass is 16.2. The van der Waals surface area contributed by atoms with Crippen LogP contribution in [0, 0.1) is 0 Å². The molecule has 0 saturated carbocycles. The van der Waals surface area contributed by atoms with Crippen molar-refractivity contribution in [3.63, 3.8) is 0 Å². The van der Waals surface area contributed by atoms with E-state index in [2.05, 4.69) is 10.6 Å². The van der Waals surface area contributed by atoms with E-state index in [1.54, 1.807) is 0 Å². The van der Waals surface area contributed by atoms with Crippen LogP contribution in [0.3, 0.4) is 0 Å². The van der Waals surface area contributed by atoms with Crippen LogP contribution in [0.2, 0.25) is 0 Å². The van der Waals surface area contributed by atoms with E-state index in [0.717, 1.165) is 19.5 Å². The number of rotatable bonds is 2. The van der Waals surface area contributed by atoms with Crippen molar-refractivity contribution >= 4 is 11.8 Å². The van der Waals surface area contributed by atoms with Crippen LogP contribution < -0.4 is 10.6 Å². The Balaban J connectivity index is 1.89. The number of nitrogens with zero attached hydrogens (tertiary/aromatic N) is 1. The van der Waals surface area contributed by atoms with E-state index in [0.29, 0.717) is 18.9 Å². The normalized spacial score (nSPS) is 30.7. The lowest BCUT2D eigenvalue weighted by Crippen LogP contribution is -2.44. The van der Waals surface area contributed by atoms with Crippen molar-refractivity contribution in [2.45, 2.75) is 31.3 Å². The first-order chi connectivity index (χ1) is 7.20. The van der Waals surface area contributed by atoms with E-state index >= 15 is 0 Å². The summed E-state index contributed by atoms with van der Waals surface area (Å²) in [7, 11) is 1.91. The lowest BCUT2D eigenvalue weighted by atomic mass is 10.2. The molecule has 0 aromatic heterocycles. The highest BCUT2D eigenvalue weighted by Crippen LogP contribution is 2.14. The molecule has 0 aromatic rings. The minimum Gasteiger partial charge on any atom is -0.344 e. The minimum absolute atomic E-state index is 0.00212. The number of likely N-dealkylation sites (tertiary alicyclic amines) is 1. The van der Waals surface area contributed by atoms with Gasteiger partial charge in [0.1, 0.15) is 6.04 Å². The average Bonchev–Trinajstić information content (AvgIpc) is 2.84. The van der Waals surface area contributed by atoms with Crippen LogP contribution in [-0.4, -0.2) is 48.9 Å². The second-order valence-corrected chi connectivity index (χ2v) is 4.22. The Labute approximate surface area is 89.2 Å². The largest absolute Gasteiger partial charge is 0.344 e. The maximum absolute atomic E-state index is 11.9. The Morgan fingerprint density at radius 1 is 1.53 bits per heavy atom. The van der Waals surface area contributed by atoms with E-state index in [1.165, 1.54) is 0 Å². The van der Waals surface area contributed by atoms with Gasteiger partial charge in [-0.2, -0.15) is 0 Å². The van der Waals surface area contributed by atoms with Gasteiger partial charge in [-0.15, -0.1) is 0 Å². The Morgan fingerprint density at radius 3 is 2.87 bits per heavy atom. The Bertz CT molecular complexity index is 280. The van der Waals surface area contributed by atoms with Crippen molar-refractivity contribution in [3.8, 4) is 0 Å². The molecule has 0 spiro atoms. The average molecular weight is 211 g/mol. The van der Waals surface area contributed by atoms with E-state index < -0.39 is 0 Å². The fourth-order valence-electron chi connectivity index (χ4n) is 2.22. The van der Waals surface area contributed by atoms with E-state index in [4.69, 9.17) is 0 Å². The molecular weight excluding hydrogens is 194 g/mol. The molecule has 2 heterocycles. The molecule has 2 aliphatic heterocycles. The van der Waals surface area contributed by atoms with Gasteiger partial charge in [0.2, 0.25) is 11.8 Å². The fraction of sp³-hybridized carbons (Fsp3) is 0.800. The predicted octanol–water partition coefficient (Wildman–Crippen LogP) is -0.915.